The molecule has 0 atom stereocenters. The molecular weight excluding hydrogens is 351 g/mol. The van der Waals surface area contributed by atoms with Gasteiger partial charge in [-0.05, 0) is 67.8 Å². The van der Waals surface area contributed by atoms with Crippen molar-refractivity contribution < 1.29 is 13.9 Å². The predicted octanol–water partition coefficient (Wildman–Crippen LogP) is 5.04. The number of aromatic nitrogens is 1. The summed E-state index contributed by atoms with van der Waals surface area (Å²) in [5.41, 5.74) is 4.25. The van der Waals surface area contributed by atoms with Gasteiger partial charge in [-0.15, -0.1) is 11.3 Å². The lowest BCUT2D eigenvalue weighted by molar-refractivity contribution is 0.102. The molecular formula is C20H19FN2O2S. The van der Waals surface area contributed by atoms with Crippen LogP contribution in [0.5, 0.6) is 5.75 Å². The molecule has 1 N–H and O–H groups in total. The van der Waals surface area contributed by atoms with Crippen molar-refractivity contribution in [2.24, 2.45) is 0 Å². The van der Waals surface area contributed by atoms with Crippen molar-refractivity contribution in [1.82, 2.24) is 4.98 Å². The molecule has 0 unspecified atom stereocenters. The first-order valence-electron chi connectivity index (χ1n) is 8.14. The fraction of sp³-hybridized carbons (Fsp3) is 0.200. The van der Waals surface area contributed by atoms with E-state index in [9.17, 15) is 9.18 Å². The first-order valence-corrected chi connectivity index (χ1v) is 9.02. The number of aryl methyl sites for hydroxylation is 2. The largest absolute Gasteiger partial charge is 0.486 e. The van der Waals surface area contributed by atoms with Crippen LogP contribution in [0.3, 0.4) is 0 Å². The summed E-state index contributed by atoms with van der Waals surface area (Å²) in [5.74, 6) is 0.148. The fourth-order valence-corrected chi connectivity index (χ4v) is 3.19. The molecule has 0 fully saturated rings. The van der Waals surface area contributed by atoms with Crippen LogP contribution in [0.4, 0.5) is 10.1 Å². The van der Waals surface area contributed by atoms with Gasteiger partial charge in [-0.1, -0.05) is 6.07 Å². The summed E-state index contributed by atoms with van der Waals surface area (Å²) in [6, 6.07) is 9.71. The van der Waals surface area contributed by atoms with Crippen molar-refractivity contribution in [3.05, 3.63) is 75.0 Å². The first-order chi connectivity index (χ1) is 12.4. The van der Waals surface area contributed by atoms with E-state index in [0.29, 0.717) is 23.0 Å². The molecule has 0 aliphatic rings. The highest BCUT2D eigenvalue weighted by Gasteiger charge is 2.12. The van der Waals surface area contributed by atoms with Gasteiger partial charge in [0, 0.05) is 11.1 Å². The van der Waals surface area contributed by atoms with E-state index in [1.54, 1.807) is 5.38 Å². The zero-order valence-corrected chi connectivity index (χ0v) is 15.6. The van der Waals surface area contributed by atoms with Crippen molar-refractivity contribution in [1.29, 1.82) is 0 Å². The number of anilines is 1. The third-order valence-corrected chi connectivity index (χ3v) is 4.82. The van der Waals surface area contributed by atoms with Crippen LogP contribution in [0.1, 0.15) is 32.2 Å². The van der Waals surface area contributed by atoms with Crippen molar-refractivity contribution in [2.45, 2.75) is 27.4 Å². The van der Waals surface area contributed by atoms with Gasteiger partial charge in [0.05, 0.1) is 0 Å². The molecule has 1 aromatic heterocycles. The molecule has 2 aromatic carbocycles. The number of hydrogen-bond acceptors (Lipinski definition) is 4. The SMILES string of the molecule is Cc1cc(C)c(C)c(OCc2nc(C(=O)Nc3ccc(F)cc3)cs2)c1. The Morgan fingerprint density at radius 2 is 1.92 bits per heavy atom. The molecule has 0 spiro atoms. The molecule has 1 heterocycles. The van der Waals surface area contributed by atoms with Crippen molar-refractivity contribution in [2.75, 3.05) is 5.32 Å². The molecule has 0 radical (unpaired) electrons. The molecule has 0 bridgehead atoms. The van der Waals surface area contributed by atoms with E-state index in [1.807, 2.05) is 19.9 Å². The number of carbonyl (C=O) groups is 1. The maximum absolute atomic E-state index is 12.9. The Morgan fingerprint density at radius 1 is 1.19 bits per heavy atom. The second-order valence-electron chi connectivity index (χ2n) is 6.08. The van der Waals surface area contributed by atoms with Gasteiger partial charge in [0.2, 0.25) is 0 Å². The Labute approximate surface area is 155 Å². The number of carbonyl (C=O) groups excluding carboxylic acids is 1. The number of benzene rings is 2. The highest BCUT2D eigenvalue weighted by atomic mass is 32.1. The lowest BCUT2D eigenvalue weighted by Crippen LogP contribution is -2.12. The Hall–Kier alpha value is -2.73. The maximum Gasteiger partial charge on any atom is 0.275 e. The van der Waals surface area contributed by atoms with Crippen LogP contribution in [0.15, 0.2) is 41.8 Å². The van der Waals surface area contributed by atoms with Crippen molar-refractivity contribution in [3.8, 4) is 5.75 Å². The number of amides is 1. The maximum atomic E-state index is 12.9. The third-order valence-electron chi connectivity index (χ3n) is 4.00. The number of nitrogens with zero attached hydrogens (tertiary/aromatic N) is 1. The number of ether oxygens (including phenoxy) is 1. The van der Waals surface area contributed by atoms with E-state index in [0.717, 1.165) is 16.9 Å². The minimum atomic E-state index is -0.349. The number of thiazole rings is 1. The average Bonchev–Trinajstić information content (AvgIpc) is 3.08. The Morgan fingerprint density at radius 3 is 2.65 bits per heavy atom. The van der Waals surface area contributed by atoms with Gasteiger partial charge in [0.25, 0.3) is 5.91 Å². The lowest BCUT2D eigenvalue weighted by Gasteiger charge is -2.11. The Kier molecular flexibility index (Phi) is 5.32. The molecule has 3 rings (SSSR count). The number of hydrogen-bond donors (Lipinski definition) is 1. The summed E-state index contributed by atoms with van der Waals surface area (Å²) < 4.78 is 18.8. The van der Waals surface area contributed by atoms with E-state index in [1.165, 1.54) is 41.2 Å². The first kappa shape index (κ1) is 18.1. The summed E-state index contributed by atoms with van der Waals surface area (Å²) in [4.78, 5) is 16.5. The van der Waals surface area contributed by atoms with Crippen LogP contribution in [0, 0.1) is 26.6 Å². The summed E-state index contributed by atoms with van der Waals surface area (Å²) >= 11 is 1.37. The van der Waals surface area contributed by atoms with E-state index in [4.69, 9.17) is 4.74 Å². The minimum Gasteiger partial charge on any atom is -0.486 e. The van der Waals surface area contributed by atoms with Crippen molar-refractivity contribution >= 4 is 22.9 Å². The van der Waals surface area contributed by atoms with E-state index in [-0.39, 0.29) is 11.7 Å². The summed E-state index contributed by atoms with van der Waals surface area (Å²) in [7, 11) is 0. The van der Waals surface area contributed by atoms with Crippen molar-refractivity contribution in [3.63, 3.8) is 0 Å². The molecule has 0 aliphatic heterocycles. The van der Waals surface area contributed by atoms with Gasteiger partial charge in [-0.3, -0.25) is 4.79 Å². The summed E-state index contributed by atoms with van der Waals surface area (Å²) in [5, 5.41) is 5.10. The molecule has 3 aromatic rings. The second kappa shape index (κ2) is 7.66. The molecule has 6 heteroatoms. The minimum absolute atomic E-state index is 0.304. The molecule has 0 saturated carbocycles. The zero-order chi connectivity index (χ0) is 18.7. The monoisotopic (exact) mass is 370 g/mol. The second-order valence-corrected chi connectivity index (χ2v) is 7.02. The smallest absolute Gasteiger partial charge is 0.275 e. The van der Waals surface area contributed by atoms with E-state index >= 15 is 0 Å². The Bertz CT molecular complexity index is 935. The van der Waals surface area contributed by atoms with Crippen LogP contribution >= 0.6 is 11.3 Å². The lowest BCUT2D eigenvalue weighted by atomic mass is 10.1. The number of halogens is 1. The molecule has 1 amide bonds. The number of nitrogens with one attached hydrogen (secondary N) is 1. The molecule has 26 heavy (non-hydrogen) atoms. The predicted molar refractivity (Wildman–Crippen MR) is 101 cm³/mol. The normalized spacial score (nSPS) is 10.6. The van der Waals surface area contributed by atoms with E-state index in [2.05, 4.69) is 23.3 Å². The van der Waals surface area contributed by atoms with Gasteiger partial charge in [-0.2, -0.15) is 0 Å². The number of rotatable bonds is 5. The zero-order valence-electron chi connectivity index (χ0n) is 14.8. The van der Waals surface area contributed by atoms with Gasteiger partial charge >= 0.3 is 0 Å². The van der Waals surface area contributed by atoms with Gasteiger partial charge < -0.3 is 10.1 Å². The van der Waals surface area contributed by atoms with Crippen LogP contribution in [0.2, 0.25) is 0 Å². The van der Waals surface area contributed by atoms with Gasteiger partial charge in [0.1, 0.15) is 28.9 Å². The van der Waals surface area contributed by atoms with Gasteiger partial charge in [0.15, 0.2) is 0 Å². The summed E-state index contributed by atoms with van der Waals surface area (Å²) in [6.45, 7) is 6.41. The topological polar surface area (TPSA) is 51.2 Å². The van der Waals surface area contributed by atoms with Crippen LogP contribution in [-0.2, 0) is 6.61 Å². The standard InChI is InChI=1S/C20H19FN2O2S/c1-12-8-13(2)14(3)18(9-12)25-10-19-23-17(11-26-19)20(24)22-16-6-4-15(21)5-7-16/h4-9,11H,10H2,1-3H3,(H,22,24). The van der Waals surface area contributed by atoms with Crippen LogP contribution in [0.25, 0.3) is 0 Å². The molecule has 4 nitrogen and oxygen atoms in total. The fourth-order valence-electron chi connectivity index (χ4n) is 2.50. The van der Waals surface area contributed by atoms with Gasteiger partial charge in [-0.25, -0.2) is 9.37 Å². The molecule has 0 aliphatic carbocycles. The van der Waals surface area contributed by atoms with Crippen LogP contribution < -0.4 is 10.1 Å². The quantitative estimate of drug-likeness (QED) is 0.685. The molecule has 134 valence electrons. The molecule has 0 saturated heterocycles. The highest BCUT2D eigenvalue weighted by Crippen LogP contribution is 2.24. The third kappa shape index (κ3) is 4.26. The summed E-state index contributed by atoms with van der Waals surface area (Å²) in [6.07, 6.45) is 0. The van der Waals surface area contributed by atoms with E-state index < -0.39 is 0 Å². The average molecular weight is 370 g/mol. The highest BCUT2D eigenvalue weighted by molar-refractivity contribution is 7.09. The van der Waals surface area contributed by atoms with Crippen LogP contribution in [-0.4, -0.2) is 10.9 Å². The Balaban J connectivity index is 1.64.